The molecular weight excluding hydrogens is 325 g/mol. The normalized spacial score (nSPS) is 11.9. The lowest BCUT2D eigenvalue weighted by Gasteiger charge is -2.14. The van der Waals surface area contributed by atoms with E-state index < -0.39 is 11.6 Å². The zero-order valence-corrected chi connectivity index (χ0v) is 14.0. The quantitative estimate of drug-likeness (QED) is 0.294. The van der Waals surface area contributed by atoms with Gasteiger partial charge < -0.3 is 20.6 Å². The first-order valence-electron chi connectivity index (χ1n) is 7.57. The van der Waals surface area contributed by atoms with Crippen LogP contribution in [0.25, 0.3) is 11.5 Å². The second-order valence-electron chi connectivity index (χ2n) is 5.77. The predicted octanol–water partition coefficient (Wildman–Crippen LogP) is 2.53. The van der Waals surface area contributed by atoms with Crippen molar-refractivity contribution >= 4 is 5.84 Å². The molecule has 4 N–H and O–H groups in total. The topological polar surface area (TPSA) is 102 Å². The summed E-state index contributed by atoms with van der Waals surface area (Å²) in [5, 5.41) is 26.1. The van der Waals surface area contributed by atoms with E-state index in [1.165, 1.54) is 16.8 Å². The third kappa shape index (κ3) is 2.61. The van der Waals surface area contributed by atoms with Gasteiger partial charge in [0.2, 0.25) is 0 Å². The average Bonchev–Trinajstić information content (AvgIpc) is 3.08. The van der Waals surface area contributed by atoms with Gasteiger partial charge >= 0.3 is 0 Å². The summed E-state index contributed by atoms with van der Waals surface area (Å²) in [5.74, 6) is -0.773. The van der Waals surface area contributed by atoms with Crippen molar-refractivity contribution in [2.45, 2.75) is 20.8 Å². The molecule has 0 atom stereocenters. The van der Waals surface area contributed by atoms with Crippen LogP contribution in [-0.2, 0) is 0 Å². The van der Waals surface area contributed by atoms with Crippen LogP contribution < -0.4 is 5.73 Å². The minimum atomic E-state index is -0.761. The van der Waals surface area contributed by atoms with E-state index in [0.29, 0.717) is 22.8 Å². The van der Waals surface area contributed by atoms with Gasteiger partial charge in [-0.05, 0) is 45.0 Å². The number of hydrogen-bond acceptors (Lipinski definition) is 4. The lowest BCUT2D eigenvalue weighted by atomic mass is 10.2. The predicted molar refractivity (Wildman–Crippen MR) is 91.2 cm³/mol. The summed E-state index contributed by atoms with van der Waals surface area (Å²) in [7, 11) is 0. The minimum Gasteiger partial charge on any atom is -0.505 e. The van der Waals surface area contributed by atoms with Crippen LogP contribution in [0.15, 0.2) is 35.5 Å². The van der Waals surface area contributed by atoms with Gasteiger partial charge in [-0.15, -0.1) is 0 Å². The first kappa shape index (κ1) is 16.6. The van der Waals surface area contributed by atoms with Crippen LogP contribution in [0.1, 0.15) is 22.6 Å². The minimum absolute atomic E-state index is 0.0921. The Morgan fingerprint density at radius 1 is 1.16 bits per heavy atom. The second kappa shape index (κ2) is 5.97. The van der Waals surface area contributed by atoms with Crippen LogP contribution in [0.5, 0.6) is 5.75 Å². The van der Waals surface area contributed by atoms with Crippen molar-refractivity contribution in [3.05, 3.63) is 58.8 Å². The Morgan fingerprint density at radius 2 is 1.80 bits per heavy atom. The fourth-order valence-corrected chi connectivity index (χ4v) is 2.88. The summed E-state index contributed by atoms with van der Waals surface area (Å²) < 4.78 is 17.2. The number of phenolic OH excluding ortho intramolecular Hbond substituents is 1. The van der Waals surface area contributed by atoms with E-state index in [4.69, 9.17) is 10.9 Å². The van der Waals surface area contributed by atoms with Gasteiger partial charge in [-0.3, -0.25) is 0 Å². The van der Waals surface area contributed by atoms with E-state index in [2.05, 4.69) is 10.3 Å². The molecular formula is C17H18FN5O2. The fraction of sp³-hybridized carbons (Fsp3) is 0.176. The molecule has 0 bridgehead atoms. The maximum absolute atomic E-state index is 13.8. The van der Waals surface area contributed by atoms with E-state index in [1.54, 1.807) is 13.0 Å². The number of nitrogens with zero attached hydrogens (tertiary/aromatic N) is 4. The van der Waals surface area contributed by atoms with Gasteiger partial charge in [0.05, 0.1) is 16.9 Å². The second-order valence-corrected chi connectivity index (χ2v) is 5.77. The number of aryl methyl sites for hydroxylation is 3. The van der Waals surface area contributed by atoms with E-state index in [1.807, 2.05) is 30.5 Å². The van der Waals surface area contributed by atoms with Gasteiger partial charge in [0.15, 0.2) is 23.2 Å². The number of halogens is 1. The number of hydrogen-bond donors (Lipinski definition) is 3. The Balaban J connectivity index is 2.39. The molecule has 0 spiro atoms. The smallest absolute Gasteiger partial charge is 0.175 e. The zero-order valence-electron chi connectivity index (χ0n) is 14.0. The maximum Gasteiger partial charge on any atom is 0.175 e. The number of amidine groups is 1. The van der Waals surface area contributed by atoms with Crippen molar-refractivity contribution < 1.29 is 14.7 Å². The van der Waals surface area contributed by atoms with Crippen molar-refractivity contribution in [1.29, 1.82) is 0 Å². The molecule has 1 aromatic carbocycles. The summed E-state index contributed by atoms with van der Waals surface area (Å²) in [6.07, 6.45) is 0. The zero-order chi connectivity index (χ0) is 18.3. The Kier molecular flexibility index (Phi) is 3.96. The van der Waals surface area contributed by atoms with Gasteiger partial charge in [0.1, 0.15) is 0 Å². The van der Waals surface area contributed by atoms with Crippen LogP contribution in [0.4, 0.5) is 4.39 Å². The number of rotatable bonds is 3. The van der Waals surface area contributed by atoms with Crippen molar-refractivity contribution in [2.75, 3.05) is 0 Å². The number of aromatic hydroxyl groups is 1. The van der Waals surface area contributed by atoms with Crippen LogP contribution in [0.2, 0.25) is 0 Å². The standard InChI is InChI=1S/C17H18FN5O2/c1-9-4-5-10(2)22(9)17-15(16(19)21-25)11(3)20-23(17)12-6-7-14(24)13(18)8-12/h4-8,24-25H,1-3H3,(H2,19,21). The molecule has 0 aliphatic carbocycles. The van der Waals surface area contributed by atoms with Crippen LogP contribution in [0, 0.1) is 26.6 Å². The lowest BCUT2D eigenvalue weighted by molar-refractivity contribution is 0.318. The van der Waals surface area contributed by atoms with Gasteiger partial charge in [-0.1, -0.05) is 5.16 Å². The van der Waals surface area contributed by atoms with Crippen LogP contribution >= 0.6 is 0 Å². The molecule has 25 heavy (non-hydrogen) atoms. The van der Waals surface area contributed by atoms with E-state index in [9.17, 15) is 9.50 Å². The molecule has 130 valence electrons. The number of nitrogens with two attached hydrogens (primary N) is 1. The van der Waals surface area contributed by atoms with Crippen molar-refractivity contribution in [3.63, 3.8) is 0 Å². The number of phenols is 1. The van der Waals surface area contributed by atoms with Crippen molar-refractivity contribution in [1.82, 2.24) is 14.3 Å². The molecule has 0 amide bonds. The van der Waals surface area contributed by atoms with E-state index >= 15 is 0 Å². The van der Waals surface area contributed by atoms with Gasteiger partial charge in [0.25, 0.3) is 0 Å². The average molecular weight is 343 g/mol. The molecule has 0 radical (unpaired) electrons. The molecule has 7 nitrogen and oxygen atoms in total. The molecule has 0 fully saturated rings. The van der Waals surface area contributed by atoms with E-state index in [-0.39, 0.29) is 5.84 Å². The molecule has 8 heteroatoms. The van der Waals surface area contributed by atoms with Gasteiger partial charge in [-0.2, -0.15) is 5.10 Å². The molecule has 3 aromatic rings. The third-order valence-electron chi connectivity index (χ3n) is 4.06. The van der Waals surface area contributed by atoms with Crippen molar-refractivity contribution in [3.8, 4) is 17.3 Å². The molecule has 0 unspecified atom stereocenters. The van der Waals surface area contributed by atoms with Crippen molar-refractivity contribution in [2.24, 2.45) is 10.9 Å². The Hall–Kier alpha value is -3.29. The first-order valence-corrected chi connectivity index (χ1v) is 7.57. The summed E-state index contributed by atoms with van der Waals surface area (Å²) in [6.45, 7) is 5.54. The SMILES string of the molecule is Cc1nn(-c2ccc(O)c(F)c2)c(-n2c(C)ccc2C)c1/C(N)=N/O. The number of aromatic nitrogens is 3. The molecule has 0 saturated heterocycles. The van der Waals surface area contributed by atoms with E-state index in [0.717, 1.165) is 11.4 Å². The molecule has 2 heterocycles. The highest BCUT2D eigenvalue weighted by Gasteiger charge is 2.23. The number of oxime groups is 1. The summed E-state index contributed by atoms with van der Waals surface area (Å²) in [6, 6.07) is 7.82. The molecule has 0 aliphatic rings. The largest absolute Gasteiger partial charge is 0.505 e. The first-order chi connectivity index (χ1) is 11.8. The molecule has 2 aromatic heterocycles. The maximum atomic E-state index is 13.8. The molecule has 0 aliphatic heterocycles. The van der Waals surface area contributed by atoms with Crippen LogP contribution in [-0.4, -0.2) is 30.5 Å². The fourth-order valence-electron chi connectivity index (χ4n) is 2.88. The third-order valence-corrected chi connectivity index (χ3v) is 4.06. The van der Waals surface area contributed by atoms with Crippen LogP contribution in [0.3, 0.4) is 0 Å². The Labute approximate surface area is 143 Å². The number of benzene rings is 1. The monoisotopic (exact) mass is 343 g/mol. The highest BCUT2D eigenvalue weighted by atomic mass is 19.1. The Morgan fingerprint density at radius 3 is 2.36 bits per heavy atom. The van der Waals surface area contributed by atoms with Gasteiger partial charge in [0, 0.05) is 17.5 Å². The highest BCUT2D eigenvalue weighted by Crippen LogP contribution is 2.27. The summed E-state index contributed by atoms with van der Waals surface area (Å²) >= 11 is 0. The van der Waals surface area contributed by atoms with Gasteiger partial charge in [-0.25, -0.2) is 9.07 Å². The highest BCUT2D eigenvalue weighted by molar-refractivity contribution is 6.01. The summed E-state index contributed by atoms with van der Waals surface area (Å²) in [4.78, 5) is 0. The lowest BCUT2D eigenvalue weighted by Crippen LogP contribution is -2.18. The Bertz CT molecular complexity index is 968. The molecule has 3 rings (SSSR count). The summed E-state index contributed by atoms with van der Waals surface area (Å²) in [5.41, 5.74) is 9.04. The molecule has 0 saturated carbocycles.